The molecule has 0 aliphatic carbocycles. The number of halogens is 1. The summed E-state index contributed by atoms with van der Waals surface area (Å²) in [5, 5.41) is 0. The topological polar surface area (TPSA) is 30.7 Å². The number of nitrogens with zero attached hydrogens (tertiary/aromatic N) is 3. The molecule has 96 valence electrons. The van der Waals surface area contributed by atoms with Gasteiger partial charge in [-0.25, -0.2) is 9.97 Å². The Morgan fingerprint density at radius 1 is 1.26 bits per heavy atom. The molecule has 0 saturated carbocycles. The second kappa shape index (κ2) is 4.78. The predicted octanol–water partition coefficient (Wildman–Crippen LogP) is 3.96. The lowest BCUT2D eigenvalue weighted by molar-refractivity contribution is 0.950. The first-order valence-electron chi connectivity index (χ1n) is 6.27. The highest BCUT2D eigenvalue weighted by molar-refractivity contribution is 9.10. The molecule has 0 bridgehead atoms. The Kier molecular flexibility index (Phi) is 3.11. The molecule has 3 rings (SSSR count). The summed E-state index contributed by atoms with van der Waals surface area (Å²) in [5.41, 5.74) is 4.52. The van der Waals surface area contributed by atoms with Crippen LogP contribution in [0.3, 0.4) is 0 Å². The summed E-state index contributed by atoms with van der Waals surface area (Å²) >= 11 is 3.44. The van der Waals surface area contributed by atoms with E-state index in [2.05, 4.69) is 45.5 Å². The molecule has 0 spiro atoms. The highest BCUT2D eigenvalue weighted by Gasteiger charge is 2.13. The Labute approximate surface area is 120 Å². The summed E-state index contributed by atoms with van der Waals surface area (Å²) in [5.74, 6) is 0.987. The van der Waals surface area contributed by atoms with Gasteiger partial charge in [0.05, 0.1) is 11.0 Å². The molecule has 1 aromatic carbocycles. The number of para-hydroxylation sites is 2. The van der Waals surface area contributed by atoms with Gasteiger partial charge in [-0.3, -0.25) is 0 Å². The van der Waals surface area contributed by atoms with Crippen molar-refractivity contribution >= 4 is 27.0 Å². The Morgan fingerprint density at radius 3 is 2.79 bits per heavy atom. The third-order valence-corrected chi connectivity index (χ3v) is 3.80. The molecule has 2 aromatic heterocycles. The zero-order chi connectivity index (χ0) is 13.4. The Bertz CT molecular complexity index is 746. The van der Waals surface area contributed by atoms with Gasteiger partial charge < -0.3 is 4.57 Å². The number of fused-ring (bicyclic) bond motifs is 1. The number of aromatic nitrogens is 3. The van der Waals surface area contributed by atoms with E-state index < -0.39 is 0 Å². The molecular weight excluding hydrogens is 302 g/mol. The van der Waals surface area contributed by atoms with Crippen LogP contribution in [0.4, 0.5) is 0 Å². The van der Waals surface area contributed by atoms with Crippen molar-refractivity contribution in [1.29, 1.82) is 0 Å². The molecule has 3 aromatic rings. The number of rotatable bonds is 2. The van der Waals surface area contributed by atoms with Crippen LogP contribution in [0.5, 0.6) is 0 Å². The zero-order valence-electron chi connectivity index (χ0n) is 10.9. The van der Waals surface area contributed by atoms with Crippen LogP contribution in [-0.4, -0.2) is 14.5 Å². The zero-order valence-corrected chi connectivity index (χ0v) is 12.5. The number of hydrogen-bond acceptors (Lipinski definition) is 2. The van der Waals surface area contributed by atoms with E-state index in [1.54, 1.807) is 0 Å². The van der Waals surface area contributed by atoms with Crippen molar-refractivity contribution in [3.8, 4) is 11.4 Å². The lowest BCUT2D eigenvalue weighted by atomic mass is 10.1. The first-order chi connectivity index (χ1) is 9.20. The Balaban J connectivity index is 2.30. The highest BCUT2D eigenvalue weighted by Crippen LogP contribution is 2.28. The minimum absolute atomic E-state index is 0.840. The number of hydrogen-bond donors (Lipinski definition) is 0. The average molecular weight is 316 g/mol. The lowest BCUT2D eigenvalue weighted by Gasteiger charge is -2.08. The van der Waals surface area contributed by atoms with Crippen LogP contribution in [-0.2, 0) is 13.5 Å². The monoisotopic (exact) mass is 315 g/mol. The summed E-state index contributed by atoms with van der Waals surface area (Å²) in [7, 11) is 2.05. The molecule has 0 aliphatic heterocycles. The molecule has 0 saturated heterocycles. The molecule has 0 atom stereocenters. The second-order valence-corrected chi connectivity index (χ2v) is 5.31. The molecule has 0 unspecified atom stereocenters. The van der Waals surface area contributed by atoms with Gasteiger partial charge in [0.15, 0.2) is 0 Å². The molecule has 3 nitrogen and oxygen atoms in total. The first-order valence-corrected chi connectivity index (χ1v) is 7.06. The molecule has 0 aliphatic rings. The van der Waals surface area contributed by atoms with Crippen molar-refractivity contribution in [2.45, 2.75) is 13.3 Å². The van der Waals surface area contributed by atoms with E-state index in [9.17, 15) is 0 Å². The lowest BCUT2D eigenvalue weighted by Crippen LogP contribution is -1.97. The first kappa shape index (κ1) is 12.4. The minimum atomic E-state index is 0.840. The summed E-state index contributed by atoms with van der Waals surface area (Å²) in [6.45, 7) is 2.14. The molecule has 19 heavy (non-hydrogen) atoms. The Morgan fingerprint density at radius 2 is 2.05 bits per heavy atom. The molecule has 0 N–H and O–H groups in total. The fraction of sp³-hybridized carbons (Fsp3) is 0.200. The third-order valence-electron chi connectivity index (χ3n) is 3.36. The molecule has 0 fully saturated rings. The van der Waals surface area contributed by atoms with Crippen LogP contribution >= 0.6 is 15.9 Å². The van der Waals surface area contributed by atoms with E-state index in [0.717, 1.165) is 33.4 Å². The second-order valence-electron chi connectivity index (χ2n) is 4.50. The van der Waals surface area contributed by atoms with Crippen molar-refractivity contribution in [2.24, 2.45) is 7.05 Å². The van der Waals surface area contributed by atoms with E-state index in [1.807, 2.05) is 30.5 Å². The average Bonchev–Trinajstić information content (AvgIpc) is 2.76. The minimum Gasteiger partial charge on any atom is -0.327 e. The van der Waals surface area contributed by atoms with Crippen molar-refractivity contribution in [1.82, 2.24) is 14.5 Å². The van der Waals surface area contributed by atoms with Crippen LogP contribution in [0, 0.1) is 0 Å². The van der Waals surface area contributed by atoms with Crippen molar-refractivity contribution in [3.63, 3.8) is 0 Å². The molecular formula is C15H14BrN3. The quantitative estimate of drug-likeness (QED) is 0.670. The standard InChI is InChI=1S/C15H14BrN3/c1-3-10-9-17-14(16)8-11(10)15-18-12-6-4-5-7-13(12)19(15)2/h4-9H,3H2,1-2H3. The van der Waals surface area contributed by atoms with Gasteiger partial charge in [-0.2, -0.15) is 0 Å². The number of imidazole rings is 1. The fourth-order valence-corrected chi connectivity index (χ4v) is 2.67. The SMILES string of the molecule is CCc1cnc(Br)cc1-c1nc2ccccc2n1C. The highest BCUT2D eigenvalue weighted by atomic mass is 79.9. The number of aryl methyl sites for hydroxylation is 2. The summed E-state index contributed by atoms with van der Waals surface area (Å²) < 4.78 is 2.97. The van der Waals surface area contributed by atoms with Gasteiger partial charge >= 0.3 is 0 Å². The molecule has 4 heteroatoms. The van der Waals surface area contributed by atoms with Crippen LogP contribution in [0.2, 0.25) is 0 Å². The van der Waals surface area contributed by atoms with Gasteiger partial charge in [-0.1, -0.05) is 19.1 Å². The van der Waals surface area contributed by atoms with Crippen molar-refractivity contribution in [3.05, 3.63) is 46.7 Å². The van der Waals surface area contributed by atoms with Crippen LogP contribution in [0.1, 0.15) is 12.5 Å². The van der Waals surface area contributed by atoms with Gasteiger partial charge in [0.25, 0.3) is 0 Å². The molecule has 0 radical (unpaired) electrons. The van der Waals surface area contributed by atoms with E-state index in [1.165, 1.54) is 5.56 Å². The third kappa shape index (κ3) is 2.06. The number of benzene rings is 1. The normalized spacial score (nSPS) is 11.1. The van der Waals surface area contributed by atoms with Gasteiger partial charge in [0.1, 0.15) is 10.4 Å². The maximum atomic E-state index is 4.75. The maximum absolute atomic E-state index is 4.75. The van der Waals surface area contributed by atoms with E-state index in [4.69, 9.17) is 4.98 Å². The fourth-order valence-electron chi connectivity index (χ4n) is 2.33. The van der Waals surface area contributed by atoms with Crippen LogP contribution in [0.15, 0.2) is 41.1 Å². The smallest absolute Gasteiger partial charge is 0.141 e. The van der Waals surface area contributed by atoms with Gasteiger partial charge in [-0.15, -0.1) is 0 Å². The van der Waals surface area contributed by atoms with Gasteiger partial charge in [0.2, 0.25) is 0 Å². The van der Waals surface area contributed by atoms with Crippen molar-refractivity contribution < 1.29 is 0 Å². The summed E-state index contributed by atoms with van der Waals surface area (Å²) in [6.07, 6.45) is 2.86. The van der Waals surface area contributed by atoms with Crippen LogP contribution < -0.4 is 0 Å². The number of pyridine rings is 1. The molecule has 0 amide bonds. The van der Waals surface area contributed by atoms with Crippen LogP contribution in [0.25, 0.3) is 22.4 Å². The molecule has 2 heterocycles. The van der Waals surface area contributed by atoms with Gasteiger partial charge in [-0.05, 0) is 46.1 Å². The van der Waals surface area contributed by atoms with Gasteiger partial charge in [0, 0.05) is 18.8 Å². The van der Waals surface area contributed by atoms with E-state index >= 15 is 0 Å². The maximum Gasteiger partial charge on any atom is 0.141 e. The van der Waals surface area contributed by atoms with E-state index in [0.29, 0.717) is 0 Å². The predicted molar refractivity (Wildman–Crippen MR) is 81.0 cm³/mol. The largest absolute Gasteiger partial charge is 0.327 e. The van der Waals surface area contributed by atoms with Crippen molar-refractivity contribution in [2.75, 3.05) is 0 Å². The summed E-state index contributed by atoms with van der Waals surface area (Å²) in [6, 6.07) is 10.2. The summed E-state index contributed by atoms with van der Waals surface area (Å²) in [4.78, 5) is 9.05. The Hall–Kier alpha value is -1.68. The van der Waals surface area contributed by atoms with E-state index in [-0.39, 0.29) is 0 Å².